The third kappa shape index (κ3) is 2.57. The summed E-state index contributed by atoms with van der Waals surface area (Å²) in [6.07, 6.45) is 0. The van der Waals surface area contributed by atoms with E-state index in [2.05, 4.69) is 0 Å². The van der Waals surface area contributed by atoms with Crippen molar-refractivity contribution < 1.29 is 23.8 Å². The molecule has 1 fully saturated rings. The Balaban J connectivity index is 2.19. The Morgan fingerprint density at radius 2 is 2.15 bits per heavy atom. The van der Waals surface area contributed by atoms with Crippen LogP contribution >= 0.6 is 0 Å². The van der Waals surface area contributed by atoms with Crippen LogP contribution < -0.4 is 5.73 Å². The van der Waals surface area contributed by atoms with E-state index >= 15 is 0 Å². The monoisotopic (exact) mass is 282 g/mol. The Bertz CT molecular complexity index is 549. The highest BCUT2D eigenvalue weighted by molar-refractivity contribution is 5.95. The van der Waals surface area contributed by atoms with Gasteiger partial charge in [-0.3, -0.25) is 9.59 Å². The second-order valence-corrected chi connectivity index (χ2v) is 4.70. The first-order chi connectivity index (χ1) is 9.41. The largest absolute Gasteiger partial charge is 0.481 e. The summed E-state index contributed by atoms with van der Waals surface area (Å²) in [6, 6.07) is 3.18. The van der Waals surface area contributed by atoms with Gasteiger partial charge in [0.15, 0.2) is 0 Å². The summed E-state index contributed by atoms with van der Waals surface area (Å²) < 4.78 is 18.5. The van der Waals surface area contributed by atoms with Gasteiger partial charge in [0.1, 0.15) is 11.7 Å². The average Bonchev–Trinajstić information content (AvgIpc) is 2.89. The molecule has 2 rings (SSSR count). The van der Waals surface area contributed by atoms with Crippen LogP contribution in [0.25, 0.3) is 0 Å². The molecule has 0 aromatic heterocycles. The van der Waals surface area contributed by atoms with Crippen molar-refractivity contribution in [1.29, 1.82) is 0 Å². The third-order valence-corrected chi connectivity index (χ3v) is 3.43. The molecule has 1 saturated heterocycles. The Kier molecular flexibility index (Phi) is 3.89. The van der Waals surface area contributed by atoms with Crippen LogP contribution in [0.2, 0.25) is 0 Å². The molecular formula is C13H15FN2O4. The van der Waals surface area contributed by atoms with Crippen LogP contribution in [0.4, 0.5) is 10.1 Å². The molecule has 6 nitrogen and oxygen atoms in total. The van der Waals surface area contributed by atoms with Crippen molar-refractivity contribution in [3.63, 3.8) is 0 Å². The number of benzene rings is 1. The SMILES string of the molecule is CN(C(=O)c1ccc(N)c(F)c1)C1COCC1C(=O)O. The van der Waals surface area contributed by atoms with Crippen molar-refractivity contribution in [2.75, 3.05) is 26.0 Å². The first-order valence-electron chi connectivity index (χ1n) is 6.04. The topological polar surface area (TPSA) is 92.9 Å². The first-order valence-corrected chi connectivity index (χ1v) is 6.04. The maximum Gasteiger partial charge on any atom is 0.311 e. The zero-order chi connectivity index (χ0) is 14.9. The van der Waals surface area contributed by atoms with Gasteiger partial charge in [0.05, 0.1) is 24.9 Å². The van der Waals surface area contributed by atoms with E-state index in [0.29, 0.717) is 0 Å². The second-order valence-electron chi connectivity index (χ2n) is 4.70. The lowest BCUT2D eigenvalue weighted by Gasteiger charge is -2.26. The Morgan fingerprint density at radius 3 is 2.75 bits per heavy atom. The maximum atomic E-state index is 13.4. The average molecular weight is 282 g/mol. The van der Waals surface area contributed by atoms with Crippen molar-refractivity contribution in [2.45, 2.75) is 6.04 Å². The number of hydrogen-bond donors (Lipinski definition) is 2. The van der Waals surface area contributed by atoms with Crippen LogP contribution in [0.15, 0.2) is 18.2 Å². The van der Waals surface area contributed by atoms with Gasteiger partial charge in [0, 0.05) is 12.6 Å². The number of nitrogens with two attached hydrogens (primary N) is 1. The van der Waals surface area contributed by atoms with E-state index in [0.717, 1.165) is 6.07 Å². The van der Waals surface area contributed by atoms with Gasteiger partial charge in [-0.25, -0.2) is 4.39 Å². The third-order valence-electron chi connectivity index (χ3n) is 3.43. The minimum atomic E-state index is -1.02. The van der Waals surface area contributed by atoms with Gasteiger partial charge in [-0.15, -0.1) is 0 Å². The molecule has 1 amide bonds. The number of amides is 1. The summed E-state index contributed by atoms with van der Waals surface area (Å²) in [5, 5.41) is 9.07. The highest BCUT2D eigenvalue weighted by atomic mass is 19.1. The van der Waals surface area contributed by atoms with Gasteiger partial charge in [0.2, 0.25) is 0 Å². The Morgan fingerprint density at radius 1 is 1.45 bits per heavy atom. The fourth-order valence-corrected chi connectivity index (χ4v) is 2.17. The minimum absolute atomic E-state index is 0.0446. The molecule has 3 N–H and O–H groups in total. The highest BCUT2D eigenvalue weighted by Gasteiger charge is 2.38. The van der Waals surface area contributed by atoms with Gasteiger partial charge < -0.3 is 20.5 Å². The molecular weight excluding hydrogens is 267 g/mol. The number of anilines is 1. The standard InChI is InChI=1S/C13H15FN2O4/c1-16(11-6-20-5-8(11)13(18)19)12(17)7-2-3-10(15)9(14)4-7/h2-4,8,11H,5-6,15H2,1H3,(H,18,19). The van der Waals surface area contributed by atoms with Crippen molar-refractivity contribution in [1.82, 2.24) is 4.90 Å². The summed E-state index contributed by atoms with van der Waals surface area (Å²) >= 11 is 0. The van der Waals surface area contributed by atoms with Crippen molar-refractivity contribution in [3.8, 4) is 0 Å². The molecule has 0 bridgehead atoms. The number of rotatable bonds is 3. The summed E-state index contributed by atoms with van der Waals surface area (Å²) in [7, 11) is 1.48. The zero-order valence-corrected chi connectivity index (χ0v) is 10.9. The number of hydrogen-bond acceptors (Lipinski definition) is 4. The fourth-order valence-electron chi connectivity index (χ4n) is 2.17. The number of carboxylic acids is 1. The number of likely N-dealkylation sites (N-methyl/N-ethyl adjacent to an activating group) is 1. The predicted molar refractivity (Wildman–Crippen MR) is 68.6 cm³/mol. The summed E-state index contributed by atoms with van der Waals surface area (Å²) in [6.45, 7) is 0.213. The lowest BCUT2D eigenvalue weighted by molar-refractivity contribution is -0.142. The number of carboxylic acid groups (broad SMARTS) is 1. The zero-order valence-electron chi connectivity index (χ0n) is 10.9. The normalized spacial score (nSPS) is 21.7. The number of nitrogens with zero attached hydrogens (tertiary/aromatic N) is 1. The first kappa shape index (κ1) is 14.3. The smallest absolute Gasteiger partial charge is 0.311 e. The van der Waals surface area contributed by atoms with E-state index in [1.807, 2.05) is 0 Å². The van der Waals surface area contributed by atoms with Gasteiger partial charge >= 0.3 is 5.97 Å². The van der Waals surface area contributed by atoms with Crippen molar-refractivity contribution in [2.24, 2.45) is 5.92 Å². The van der Waals surface area contributed by atoms with Crippen LogP contribution in [0.5, 0.6) is 0 Å². The molecule has 0 radical (unpaired) electrons. The number of nitrogen functional groups attached to an aromatic ring is 1. The second kappa shape index (κ2) is 5.46. The van der Waals surface area contributed by atoms with Crippen LogP contribution in [-0.2, 0) is 9.53 Å². The molecule has 108 valence electrons. The molecule has 1 aliphatic rings. The molecule has 1 aliphatic heterocycles. The minimum Gasteiger partial charge on any atom is -0.481 e. The van der Waals surface area contributed by atoms with E-state index in [4.69, 9.17) is 15.6 Å². The molecule has 20 heavy (non-hydrogen) atoms. The van der Waals surface area contributed by atoms with Crippen LogP contribution in [-0.4, -0.2) is 48.2 Å². The molecule has 0 saturated carbocycles. The predicted octanol–water partition coefficient (Wildman–Crippen LogP) is 0.579. The van der Waals surface area contributed by atoms with E-state index in [-0.39, 0.29) is 24.5 Å². The van der Waals surface area contributed by atoms with Gasteiger partial charge in [-0.2, -0.15) is 0 Å². The van der Waals surface area contributed by atoms with Crippen LogP contribution in [0.3, 0.4) is 0 Å². The molecule has 7 heteroatoms. The van der Waals surface area contributed by atoms with E-state index in [9.17, 15) is 14.0 Å². The van der Waals surface area contributed by atoms with Crippen molar-refractivity contribution >= 4 is 17.6 Å². The van der Waals surface area contributed by atoms with Gasteiger partial charge in [0.25, 0.3) is 5.91 Å². The quantitative estimate of drug-likeness (QED) is 0.791. The van der Waals surface area contributed by atoms with Crippen LogP contribution in [0, 0.1) is 11.7 Å². The van der Waals surface area contributed by atoms with E-state index in [1.165, 1.54) is 24.1 Å². The highest BCUT2D eigenvalue weighted by Crippen LogP contribution is 2.21. The summed E-state index contributed by atoms with van der Waals surface area (Å²) in [5.41, 5.74) is 5.43. The van der Waals surface area contributed by atoms with Gasteiger partial charge in [-0.1, -0.05) is 0 Å². The number of aliphatic carboxylic acids is 1. The lowest BCUT2D eigenvalue weighted by Crippen LogP contribution is -2.44. The van der Waals surface area contributed by atoms with Crippen molar-refractivity contribution in [3.05, 3.63) is 29.6 Å². The molecule has 1 aromatic rings. The summed E-state index contributed by atoms with van der Waals surface area (Å²) in [4.78, 5) is 24.6. The number of carbonyl (C=O) groups is 2. The Hall–Kier alpha value is -2.15. The van der Waals surface area contributed by atoms with E-state index in [1.54, 1.807) is 0 Å². The summed E-state index contributed by atoms with van der Waals surface area (Å²) in [5.74, 6) is -2.94. The fraction of sp³-hybridized carbons (Fsp3) is 0.385. The molecule has 0 aliphatic carbocycles. The Labute approximate surface area is 114 Å². The van der Waals surface area contributed by atoms with Gasteiger partial charge in [-0.05, 0) is 18.2 Å². The molecule has 0 spiro atoms. The molecule has 2 unspecified atom stereocenters. The number of halogens is 1. The number of carbonyl (C=O) groups excluding carboxylic acids is 1. The lowest BCUT2D eigenvalue weighted by atomic mass is 10.0. The molecule has 1 heterocycles. The molecule has 1 aromatic carbocycles. The number of ether oxygens (including phenoxy) is 1. The molecule has 2 atom stereocenters. The van der Waals surface area contributed by atoms with E-state index < -0.39 is 29.7 Å². The van der Waals surface area contributed by atoms with Crippen LogP contribution in [0.1, 0.15) is 10.4 Å². The maximum absolute atomic E-state index is 13.4.